The summed E-state index contributed by atoms with van der Waals surface area (Å²) < 4.78 is 31.1. The molecular formula is C30H57NO7Si2. The van der Waals surface area contributed by atoms with E-state index in [9.17, 15) is 4.79 Å². The summed E-state index contributed by atoms with van der Waals surface area (Å²) in [6, 6.07) is 7.88. The minimum atomic E-state index is -2.19. The van der Waals surface area contributed by atoms with Crippen molar-refractivity contribution in [3.63, 3.8) is 0 Å². The molecule has 0 spiro atoms. The third kappa shape index (κ3) is 11.5. The molecule has 1 aromatic rings. The maximum absolute atomic E-state index is 13.3. The zero-order valence-corrected chi connectivity index (χ0v) is 29.6. The number of nitrogens with zero attached hydrogens (tertiary/aromatic N) is 1. The molecule has 232 valence electrons. The second-order valence-corrected chi connectivity index (χ2v) is 22.5. The highest BCUT2D eigenvalue weighted by Crippen LogP contribution is 2.40. The van der Waals surface area contributed by atoms with Crippen LogP contribution in [0.4, 0.5) is 0 Å². The molecule has 0 aliphatic rings. The Morgan fingerprint density at radius 3 is 1.98 bits per heavy atom. The van der Waals surface area contributed by atoms with Gasteiger partial charge in [-0.05, 0) is 55.5 Å². The largest absolute Gasteiger partial charge is 0.497 e. The van der Waals surface area contributed by atoms with Crippen LogP contribution in [-0.2, 0) is 34.6 Å². The van der Waals surface area contributed by atoms with Crippen molar-refractivity contribution in [1.82, 2.24) is 5.06 Å². The van der Waals surface area contributed by atoms with E-state index in [1.807, 2.05) is 31.2 Å². The number of ether oxygens (including phenoxy) is 3. The molecule has 0 N–H and O–H groups in total. The van der Waals surface area contributed by atoms with Crippen LogP contribution in [-0.4, -0.2) is 80.9 Å². The molecule has 0 heterocycles. The van der Waals surface area contributed by atoms with E-state index in [1.165, 1.54) is 12.2 Å². The minimum Gasteiger partial charge on any atom is -0.497 e. The molecule has 0 fully saturated rings. The molecule has 0 aromatic heterocycles. The van der Waals surface area contributed by atoms with Gasteiger partial charge in [0.2, 0.25) is 0 Å². The van der Waals surface area contributed by atoms with E-state index < -0.39 is 22.6 Å². The first-order chi connectivity index (χ1) is 18.4. The van der Waals surface area contributed by atoms with Gasteiger partial charge in [0.05, 0.1) is 51.7 Å². The van der Waals surface area contributed by atoms with E-state index >= 15 is 0 Å². The van der Waals surface area contributed by atoms with Crippen molar-refractivity contribution in [2.45, 2.75) is 104 Å². The predicted molar refractivity (Wildman–Crippen MR) is 166 cm³/mol. The molecule has 0 aliphatic carbocycles. The third-order valence-electron chi connectivity index (χ3n) is 7.81. The van der Waals surface area contributed by atoms with Gasteiger partial charge in [0, 0.05) is 26.5 Å². The van der Waals surface area contributed by atoms with Crippen LogP contribution in [0, 0.1) is 11.8 Å². The summed E-state index contributed by atoms with van der Waals surface area (Å²) >= 11 is 0. The molecule has 0 unspecified atom stereocenters. The van der Waals surface area contributed by atoms with E-state index in [-0.39, 0.29) is 35.2 Å². The molecule has 1 rings (SSSR count). The van der Waals surface area contributed by atoms with Crippen molar-refractivity contribution >= 4 is 22.5 Å². The fourth-order valence-corrected chi connectivity index (χ4v) is 6.95. The Kier molecular flexibility index (Phi) is 14.5. The quantitative estimate of drug-likeness (QED) is 0.149. The van der Waals surface area contributed by atoms with Crippen molar-refractivity contribution in [3.8, 4) is 5.75 Å². The Bertz CT molecular complexity index is 884. The van der Waals surface area contributed by atoms with E-state index in [4.69, 9.17) is 27.9 Å². The molecular weight excluding hydrogens is 543 g/mol. The van der Waals surface area contributed by atoms with Crippen LogP contribution in [0.3, 0.4) is 0 Å². The van der Waals surface area contributed by atoms with Crippen molar-refractivity contribution in [2.75, 3.05) is 35.0 Å². The van der Waals surface area contributed by atoms with Crippen molar-refractivity contribution in [2.24, 2.45) is 11.8 Å². The van der Waals surface area contributed by atoms with Gasteiger partial charge in [0.1, 0.15) is 5.75 Å². The topological polar surface area (TPSA) is 75.7 Å². The molecule has 1 amide bonds. The molecule has 0 bridgehead atoms. The second kappa shape index (κ2) is 15.8. The van der Waals surface area contributed by atoms with Gasteiger partial charge in [0.25, 0.3) is 5.91 Å². The maximum atomic E-state index is 13.3. The minimum absolute atomic E-state index is 0.0124. The van der Waals surface area contributed by atoms with Crippen LogP contribution in [0.1, 0.15) is 46.6 Å². The first kappa shape index (κ1) is 36.7. The van der Waals surface area contributed by atoms with E-state index in [2.05, 4.69) is 60.4 Å². The molecule has 1 aromatic carbocycles. The number of methoxy groups -OCH3 is 2. The standard InChI is InChI=1S/C30H57NO7Si2/c1-22(28(38-39(10,11)12)23(2)29(32)31(6)35-9)27(37-40(13,14)30(3,4)5)19-26(21-33-7)36-20-24-15-17-25(34-8)18-16-24/h15-18,22-23,26-28H,19-21H2,1-14H3/t22-,23+,26+,27+,28-/m0/s1. The smallest absolute Gasteiger partial charge is 0.251 e. The first-order valence-corrected chi connectivity index (χ1v) is 20.6. The number of carbonyl (C=O) groups excluding carboxylic acids is 1. The maximum Gasteiger partial charge on any atom is 0.251 e. The number of hydroxylamine groups is 2. The molecule has 8 nitrogen and oxygen atoms in total. The zero-order valence-electron chi connectivity index (χ0n) is 27.6. The fraction of sp³-hybridized carbons (Fsp3) is 0.767. The number of benzene rings is 1. The molecule has 0 aliphatic heterocycles. The van der Waals surface area contributed by atoms with Crippen molar-refractivity contribution < 1.29 is 32.7 Å². The third-order valence-corrected chi connectivity index (χ3v) is 13.3. The Labute approximate surface area is 246 Å². The lowest BCUT2D eigenvalue weighted by molar-refractivity contribution is -0.177. The number of hydrogen-bond donors (Lipinski definition) is 0. The molecule has 40 heavy (non-hydrogen) atoms. The van der Waals surface area contributed by atoms with Gasteiger partial charge in [-0.2, -0.15) is 0 Å². The number of rotatable bonds is 17. The highest BCUT2D eigenvalue weighted by Gasteiger charge is 2.44. The lowest BCUT2D eigenvalue weighted by Gasteiger charge is -2.45. The lowest BCUT2D eigenvalue weighted by atomic mass is 9.86. The lowest BCUT2D eigenvalue weighted by Crippen LogP contribution is -2.52. The van der Waals surface area contributed by atoms with Crippen LogP contribution in [0.25, 0.3) is 0 Å². The van der Waals surface area contributed by atoms with Crippen LogP contribution in [0.2, 0.25) is 37.8 Å². The molecule has 10 heteroatoms. The second-order valence-electron chi connectivity index (χ2n) is 13.2. The fourth-order valence-electron chi connectivity index (χ4n) is 4.29. The zero-order chi connectivity index (χ0) is 30.9. The van der Waals surface area contributed by atoms with Crippen molar-refractivity contribution in [1.29, 1.82) is 0 Å². The van der Waals surface area contributed by atoms with E-state index in [0.717, 1.165) is 11.3 Å². The van der Waals surface area contributed by atoms with Gasteiger partial charge in [-0.15, -0.1) is 0 Å². The summed E-state index contributed by atoms with van der Waals surface area (Å²) in [6.45, 7) is 22.6. The summed E-state index contributed by atoms with van der Waals surface area (Å²) in [5.74, 6) is 0.185. The van der Waals surface area contributed by atoms with E-state index in [1.54, 1.807) is 21.3 Å². The van der Waals surface area contributed by atoms with Crippen LogP contribution in [0.5, 0.6) is 5.75 Å². The summed E-state index contributed by atoms with van der Waals surface area (Å²) in [4.78, 5) is 18.5. The first-order valence-electron chi connectivity index (χ1n) is 14.3. The summed E-state index contributed by atoms with van der Waals surface area (Å²) in [6.07, 6.45) is -0.147. The average Bonchev–Trinajstić information content (AvgIpc) is 2.87. The monoisotopic (exact) mass is 599 g/mol. The van der Waals surface area contributed by atoms with Crippen LogP contribution >= 0.6 is 0 Å². The highest BCUT2D eigenvalue weighted by molar-refractivity contribution is 6.74. The SMILES string of the molecule is COC[C@@H](C[C@@H](O[Si](C)(C)C(C)(C)C)[C@H](C)[C@H](O[Si](C)(C)C)[C@@H](C)C(=O)N(C)OC)OCc1ccc(OC)cc1. The number of carbonyl (C=O) groups is 1. The molecule has 0 saturated carbocycles. The van der Waals surface area contributed by atoms with Gasteiger partial charge in [-0.25, -0.2) is 5.06 Å². The summed E-state index contributed by atoms with van der Waals surface area (Å²) in [7, 11) is 2.28. The molecule has 0 radical (unpaired) electrons. The Morgan fingerprint density at radius 1 is 0.950 bits per heavy atom. The average molecular weight is 600 g/mol. The van der Waals surface area contributed by atoms with Crippen LogP contribution in [0.15, 0.2) is 24.3 Å². The van der Waals surface area contributed by atoms with Gasteiger partial charge < -0.3 is 23.1 Å². The normalized spacial score (nSPS) is 16.6. The summed E-state index contributed by atoms with van der Waals surface area (Å²) in [5, 5.41) is 1.30. The Balaban J connectivity index is 3.38. The van der Waals surface area contributed by atoms with E-state index in [0.29, 0.717) is 19.6 Å². The number of amides is 1. The van der Waals surface area contributed by atoms with Gasteiger partial charge in [0.15, 0.2) is 16.6 Å². The van der Waals surface area contributed by atoms with Gasteiger partial charge in [-0.3, -0.25) is 9.63 Å². The summed E-state index contributed by atoms with van der Waals surface area (Å²) in [5.41, 5.74) is 1.05. The highest BCUT2D eigenvalue weighted by atomic mass is 28.4. The number of hydrogen-bond acceptors (Lipinski definition) is 7. The van der Waals surface area contributed by atoms with Gasteiger partial charge in [-0.1, -0.05) is 46.8 Å². The van der Waals surface area contributed by atoms with Crippen LogP contribution < -0.4 is 4.74 Å². The van der Waals surface area contributed by atoms with Crippen molar-refractivity contribution in [3.05, 3.63) is 29.8 Å². The predicted octanol–water partition coefficient (Wildman–Crippen LogP) is 6.52. The van der Waals surface area contributed by atoms with Gasteiger partial charge >= 0.3 is 0 Å². The Hall–Kier alpha value is -1.28. The molecule has 5 atom stereocenters. The molecule has 0 saturated heterocycles. The Morgan fingerprint density at radius 2 is 1.52 bits per heavy atom.